The summed E-state index contributed by atoms with van der Waals surface area (Å²) < 4.78 is 47.5. The molecule has 3 heterocycles. The van der Waals surface area contributed by atoms with Gasteiger partial charge in [0.1, 0.15) is 11.4 Å². The fourth-order valence-corrected chi connectivity index (χ4v) is 3.86. The summed E-state index contributed by atoms with van der Waals surface area (Å²) >= 11 is 0. The lowest BCUT2D eigenvalue weighted by molar-refractivity contribution is -0.173. The van der Waals surface area contributed by atoms with Crippen LogP contribution >= 0.6 is 0 Å². The van der Waals surface area contributed by atoms with E-state index in [0.29, 0.717) is 26.3 Å². The number of morpholine rings is 1. The maximum atomic E-state index is 13.8. The summed E-state index contributed by atoms with van der Waals surface area (Å²) in [5.74, 6) is -0.204. The second-order valence-electron chi connectivity index (χ2n) is 7.34. The molecule has 1 aromatic carbocycles. The number of benzene rings is 1. The molecule has 2 atom stereocenters. The number of rotatable bonds is 3. The highest BCUT2D eigenvalue weighted by Gasteiger charge is 2.47. The first-order chi connectivity index (χ1) is 13.9. The Morgan fingerprint density at radius 1 is 1.24 bits per heavy atom. The molecule has 4 rings (SSSR count). The Balaban J connectivity index is 1.68. The topological polar surface area (TPSA) is 59.4 Å². The average molecular weight is 408 g/mol. The summed E-state index contributed by atoms with van der Waals surface area (Å²) in [5.41, 5.74) is 2.04. The fourth-order valence-electron chi connectivity index (χ4n) is 3.86. The number of fused-ring (bicyclic) bond motifs is 1. The number of nitrogens with zero attached hydrogens (tertiary/aromatic N) is 3. The minimum Gasteiger partial charge on any atom is -0.378 e. The van der Waals surface area contributed by atoms with Crippen LogP contribution in [-0.2, 0) is 11.2 Å². The average Bonchev–Trinajstić information content (AvgIpc) is 3.16. The van der Waals surface area contributed by atoms with Crippen molar-refractivity contribution in [3.05, 3.63) is 47.2 Å². The van der Waals surface area contributed by atoms with Crippen LogP contribution in [0.4, 0.5) is 19.0 Å². The molecule has 2 aromatic rings. The molecular weight excluding hydrogens is 385 g/mol. The number of carbonyl (C=O) groups is 1. The van der Waals surface area contributed by atoms with Gasteiger partial charge in [-0.3, -0.25) is 4.79 Å². The minimum atomic E-state index is -4.47. The summed E-state index contributed by atoms with van der Waals surface area (Å²) in [6.45, 7) is 3.68. The van der Waals surface area contributed by atoms with Crippen LogP contribution in [0.1, 0.15) is 46.9 Å². The minimum absolute atomic E-state index is 0.125. The molecule has 0 aliphatic carbocycles. The first kappa shape index (κ1) is 19.8. The number of aryl methyl sites for hydroxylation is 1. The molecule has 0 unspecified atom stereocenters. The van der Waals surface area contributed by atoms with E-state index in [0.717, 1.165) is 22.2 Å². The number of anilines is 1. The van der Waals surface area contributed by atoms with E-state index in [1.165, 1.54) is 6.20 Å². The van der Waals surface area contributed by atoms with E-state index in [9.17, 15) is 18.0 Å². The van der Waals surface area contributed by atoms with Crippen LogP contribution in [0.3, 0.4) is 0 Å². The Kier molecular flexibility index (Phi) is 5.24. The summed E-state index contributed by atoms with van der Waals surface area (Å²) in [4.78, 5) is 14.5. The van der Waals surface area contributed by atoms with Crippen molar-refractivity contribution < 1.29 is 22.7 Å². The Bertz CT molecular complexity index is 873. The number of ether oxygens (including phenoxy) is 1. The quantitative estimate of drug-likeness (QED) is 0.844. The zero-order chi connectivity index (χ0) is 20.6. The largest absolute Gasteiger partial charge is 0.410 e. The number of hydrogen-bond acceptors (Lipinski definition) is 4. The molecule has 6 nitrogen and oxygen atoms in total. The number of halogens is 3. The van der Waals surface area contributed by atoms with E-state index < -0.39 is 18.3 Å². The van der Waals surface area contributed by atoms with E-state index in [2.05, 4.69) is 10.4 Å². The number of aromatic nitrogens is 2. The van der Waals surface area contributed by atoms with Gasteiger partial charge in [-0.05, 0) is 17.5 Å². The molecule has 0 bridgehead atoms. The van der Waals surface area contributed by atoms with Gasteiger partial charge < -0.3 is 15.0 Å². The lowest BCUT2D eigenvalue weighted by Gasteiger charge is -2.34. The van der Waals surface area contributed by atoms with Crippen molar-refractivity contribution in [3.63, 3.8) is 0 Å². The Morgan fingerprint density at radius 2 is 1.93 bits per heavy atom. The van der Waals surface area contributed by atoms with Gasteiger partial charge >= 0.3 is 6.18 Å². The molecule has 1 saturated heterocycles. The highest BCUT2D eigenvalue weighted by atomic mass is 19.4. The molecule has 1 amide bonds. The molecule has 1 N–H and O–H groups in total. The lowest BCUT2D eigenvalue weighted by atomic mass is 9.95. The van der Waals surface area contributed by atoms with Crippen LogP contribution < -0.4 is 5.32 Å². The van der Waals surface area contributed by atoms with Crippen LogP contribution in [0.5, 0.6) is 0 Å². The van der Waals surface area contributed by atoms with Gasteiger partial charge in [0.05, 0.1) is 25.5 Å². The van der Waals surface area contributed by atoms with Crippen molar-refractivity contribution in [2.45, 2.75) is 38.0 Å². The van der Waals surface area contributed by atoms with E-state index in [1.54, 1.807) is 4.90 Å². The van der Waals surface area contributed by atoms with Crippen LogP contribution in [0, 0.1) is 0 Å². The van der Waals surface area contributed by atoms with E-state index in [-0.39, 0.29) is 23.7 Å². The third kappa shape index (κ3) is 3.83. The second-order valence-corrected chi connectivity index (χ2v) is 7.34. The zero-order valence-electron chi connectivity index (χ0n) is 16.1. The van der Waals surface area contributed by atoms with Crippen molar-refractivity contribution in [2.24, 2.45) is 0 Å². The SMILES string of the molecule is CCc1ccc([C@H]2C[C@@H](C(F)(F)F)n3ncc(C(=O)N4CCOCC4)c3N2)cc1. The molecule has 1 aromatic heterocycles. The molecule has 2 aliphatic rings. The molecule has 9 heteroatoms. The molecular formula is C20H23F3N4O2. The maximum Gasteiger partial charge on any atom is 0.410 e. The first-order valence-electron chi connectivity index (χ1n) is 9.75. The molecule has 29 heavy (non-hydrogen) atoms. The van der Waals surface area contributed by atoms with Gasteiger partial charge in [0.25, 0.3) is 5.91 Å². The van der Waals surface area contributed by atoms with Crippen LogP contribution in [0.2, 0.25) is 0 Å². The fraction of sp³-hybridized carbons (Fsp3) is 0.500. The number of carbonyl (C=O) groups excluding carboxylic acids is 1. The van der Waals surface area contributed by atoms with Gasteiger partial charge in [-0.15, -0.1) is 0 Å². The first-order valence-corrected chi connectivity index (χ1v) is 9.75. The van der Waals surface area contributed by atoms with Crippen LogP contribution in [0.15, 0.2) is 30.5 Å². The van der Waals surface area contributed by atoms with E-state index >= 15 is 0 Å². The lowest BCUT2D eigenvalue weighted by Crippen LogP contribution is -2.41. The van der Waals surface area contributed by atoms with Gasteiger partial charge in [-0.25, -0.2) is 4.68 Å². The maximum absolute atomic E-state index is 13.8. The smallest absolute Gasteiger partial charge is 0.378 e. The Labute approximate surface area is 166 Å². The van der Waals surface area contributed by atoms with Crippen molar-refractivity contribution in [1.29, 1.82) is 0 Å². The van der Waals surface area contributed by atoms with Gasteiger partial charge in [-0.2, -0.15) is 18.3 Å². The molecule has 0 spiro atoms. The Morgan fingerprint density at radius 3 is 2.55 bits per heavy atom. The van der Waals surface area contributed by atoms with E-state index in [4.69, 9.17) is 4.74 Å². The van der Waals surface area contributed by atoms with Gasteiger partial charge in [-0.1, -0.05) is 31.2 Å². The second kappa shape index (κ2) is 7.70. The number of alkyl halides is 3. The van der Waals surface area contributed by atoms with Gasteiger partial charge in [0.15, 0.2) is 6.04 Å². The standard InChI is InChI=1S/C20H23F3N4O2/c1-2-13-3-5-14(6-4-13)16-11-17(20(21,22)23)27-18(25-16)15(12-24-27)19(28)26-7-9-29-10-8-26/h3-6,12,16-17,25H,2,7-11H2,1H3/t16-,17+/m1/s1. The predicted octanol–water partition coefficient (Wildman–Crippen LogP) is 3.58. The number of hydrogen-bond donors (Lipinski definition) is 1. The molecule has 2 aliphatic heterocycles. The zero-order valence-corrected chi connectivity index (χ0v) is 16.1. The summed E-state index contributed by atoms with van der Waals surface area (Å²) in [5, 5.41) is 7.07. The molecule has 1 fully saturated rings. The van der Waals surface area contributed by atoms with Gasteiger partial charge in [0.2, 0.25) is 0 Å². The van der Waals surface area contributed by atoms with Crippen molar-refractivity contribution in [2.75, 3.05) is 31.6 Å². The highest BCUT2D eigenvalue weighted by Crippen LogP contribution is 2.44. The van der Waals surface area contributed by atoms with Crippen LogP contribution in [0.25, 0.3) is 0 Å². The number of nitrogens with one attached hydrogen (secondary N) is 1. The van der Waals surface area contributed by atoms with E-state index in [1.807, 2.05) is 31.2 Å². The monoisotopic (exact) mass is 408 g/mol. The number of amides is 1. The normalized spacial score (nSPS) is 22.1. The van der Waals surface area contributed by atoms with Crippen molar-refractivity contribution in [3.8, 4) is 0 Å². The Hall–Kier alpha value is -2.55. The predicted molar refractivity (Wildman–Crippen MR) is 101 cm³/mol. The van der Waals surface area contributed by atoms with Crippen molar-refractivity contribution >= 4 is 11.7 Å². The summed E-state index contributed by atoms with van der Waals surface area (Å²) in [7, 11) is 0. The van der Waals surface area contributed by atoms with Crippen LogP contribution in [-0.4, -0.2) is 53.1 Å². The third-order valence-corrected chi connectivity index (χ3v) is 5.56. The summed E-state index contributed by atoms with van der Waals surface area (Å²) in [6.07, 6.45) is -2.56. The van der Waals surface area contributed by atoms with Gasteiger partial charge in [0, 0.05) is 19.5 Å². The molecule has 156 valence electrons. The molecule has 0 saturated carbocycles. The summed E-state index contributed by atoms with van der Waals surface area (Å²) in [6, 6.07) is 5.18. The third-order valence-electron chi connectivity index (χ3n) is 5.56. The van der Waals surface area contributed by atoms with Crippen molar-refractivity contribution in [1.82, 2.24) is 14.7 Å². The highest BCUT2D eigenvalue weighted by molar-refractivity contribution is 5.99. The molecule has 0 radical (unpaired) electrons.